The molecule has 24 heavy (non-hydrogen) atoms. The maximum Gasteiger partial charge on any atom is 0.308 e. The number of rotatable bonds is 4. The minimum absolute atomic E-state index is 0.309. The Morgan fingerprint density at radius 3 is 2.71 bits per heavy atom. The molecule has 3 aromatic rings. The zero-order valence-electron chi connectivity index (χ0n) is 14.2. The van der Waals surface area contributed by atoms with E-state index in [9.17, 15) is 4.79 Å². The molecule has 2 aromatic heterocycles. The Hall–Kier alpha value is -2.40. The molecule has 0 aliphatic rings. The van der Waals surface area contributed by atoms with Gasteiger partial charge in [0.05, 0.1) is 0 Å². The number of benzene rings is 1. The molecule has 0 saturated heterocycles. The van der Waals surface area contributed by atoms with Crippen LogP contribution in [0.3, 0.4) is 0 Å². The summed E-state index contributed by atoms with van der Waals surface area (Å²) in [5.41, 5.74) is 4.09. The summed E-state index contributed by atoms with van der Waals surface area (Å²) >= 11 is 1.54. The highest BCUT2D eigenvalue weighted by Gasteiger charge is 2.12. The van der Waals surface area contributed by atoms with Crippen molar-refractivity contribution in [1.82, 2.24) is 4.98 Å². The first kappa shape index (κ1) is 16.5. The van der Waals surface area contributed by atoms with Gasteiger partial charge in [0.1, 0.15) is 18.1 Å². The molecule has 0 N–H and O–H groups in total. The third-order valence-electron chi connectivity index (χ3n) is 3.79. The van der Waals surface area contributed by atoms with Gasteiger partial charge in [-0.1, -0.05) is 6.07 Å². The molecule has 0 spiro atoms. The van der Waals surface area contributed by atoms with E-state index in [2.05, 4.69) is 4.98 Å². The van der Waals surface area contributed by atoms with Crippen LogP contribution in [0.15, 0.2) is 29.6 Å². The molecule has 0 radical (unpaired) electrons. The quantitative estimate of drug-likeness (QED) is 0.644. The summed E-state index contributed by atoms with van der Waals surface area (Å²) in [5, 5.41) is 2.83. The van der Waals surface area contributed by atoms with Gasteiger partial charge in [0.25, 0.3) is 0 Å². The van der Waals surface area contributed by atoms with E-state index in [1.165, 1.54) is 6.92 Å². The van der Waals surface area contributed by atoms with Crippen LogP contribution in [-0.4, -0.2) is 11.0 Å². The van der Waals surface area contributed by atoms with Crippen LogP contribution in [0.1, 0.15) is 29.4 Å². The Bertz CT molecular complexity index is 914. The normalized spacial score (nSPS) is 10.8. The number of carbonyl (C=O) groups excluding carboxylic acids is 1. The van der Waals surface area contributed by atoms with Gasteiger partial charge in [0.15, 0.2) is 0 Å². The van der Waals surface area contributed by atoms with E-state index in [0.29, 0.717) is 12.4 Å². The largest absolute Gasteiger partial charge is 0.489 e. The van der Waals surface area contributed by atoms with Crippen LogP contribution in [0.25, 0.3) is 10.1 Å². The van der Waals surface area contributed by atoms with E-state index < -0.39 is 0 Å². The Kier molecular flexibility index (Phi) is 4.53. The predicted molar refractivity (Wildman–Crippen MR) is 95.9 cm³/mol. The zero-order valence-corrected chi connectivity index (χ0v) is 15.0. The van der Waals surface area contributed by atoms with E-state index in [-0.39, 0.29) is 5.97 Å². The third-order valence-corrected chi connectivity index (χ3v) is 4.70. The second kappa shape index (κ2) is 6.61. The number of hydrogen-bond donors (Lipinski definition) is 0. The standard InChI is InChI=1S/C19H19NO3S/c1-11-7-16(22-9-15-6-5-12(2)20-13(15)3)8-18-19(11)17(10-24-18)23-14(4)21/h5-8,10H,9H2,1-4H3. The van der Waals surface area contributed by atoms with Crippen molar-refractivity contribution < 1.29 is 14.3 Å². The molecule has 5 heteroatoms. The summed E-state index contributed by atoms with van der Waals surface area (Å²) in [5.74, 6) is 1.11. The molecule has 0 aliphatic carbocycles. The monoisotopic (exact) mass is 341 g/mol. The van der Waals surface area contributed by atoms with Crippen LogP contribution < -0.4 is 9.47 Å². The predicted octanol–water partition coefficient (Wildman–Crippen LogP) is 4.73. The van der Waals surface area contributed by atoms with Gasteiger partial charge in [-0.2, -0.15) is 0 Å². The Labute approximate surface area is 145 Å². The van der Waals surface area contributed by atoms with Crippen LogP contribution in [0.4, 0.5) is 0 Å². The summed E-state index contributed by atoms with van der Waals surface area (Å²) < 4.78 is 12.3. The number of aromatic nitrogens is 1. The fraction of sp³-hybridized carbons (Fsp3) is 0.263. The average molecular weight is 341 g/mol. The van der Waals surface area contributed by atoms with Gasteiger partial charge < -0.3 is 9.47 Å². The molecule has 0 saturated carbocycles. The third kappa shape index (κ3) is 3.41. The molecular weight excluding hydrogens is 322 g/mol. The van der Waals surface area contributed by atoms with Gasteiger partial charge >= 0.3 is 5.97 Å². The van der Waals surface area contributed by atoms with Gasteiger partial charge in [-0.3, -0.25) is 9.78 Å². The van der Waals surface area contributed by atoms with Crippen LogP contribution in [0, 0.1) is 20.8 Å². The summed E-state index contributed by atoms with van der Waals surface area (Å²) in [6.45, 7) is 7.85. The molecule has 0 bridgehead atoms. The highest BCUT2D eigenvalue weighted by molar-refractivity contribution is 7.17. The summed E-state index contributed by atoms with van der Waals surface area (Å²) in [6, 6.07) is 7.99. The number of carbonyl (C=O) groups is 1. The average Bonchev–Trinajstić information content (AvgIpc) is 2.89. The van der Waals surface area contributed by atoms with E-state index in [4.69, 9.17) is 9.47 Å². The van der Waals surface area contributed by atoms with Gasteiger partial charge in [-0.25, -0.2) is 0 Å². The fourth-order valence-corrected chi connectivity index (χ4v) is 3.61. The second-order valence-electron chi connectivity index (χ2n) is 5.79. The van der Waals surface area contributed by atoms with Crippen LogP contribution in [0.2, 0.25) is 0 Å². The van der Waals surface area contributed by atoms with Gasteiger partial charge in [-0.15, -0.1) is 11.3 Å². The number of pyridine rings is 1. The minimum Gasteiger partial charge on any atom is -0.489 e. The SMILES string of the molecule is CC(=O)Oc1csc2cc(OCc3ccc(C)nc3C)cc(C)c12. The van der Waals surface area contributed by atoms with E-state index >= 15 is 0 Å². The molecule has 0 aliphatic heterocycles. The topological polar surface area (TPSA) is 48.4 Å². The number of hydrogen-bond acceptors (Lipinski definition) is 5. The van der Waals surface area contributed by atoms with Crippen molar-refractivity contribution in [3.8, 4) is 11.5 Å². The van der Waals surface area contributed by atoms with Crippen molar-refractivity contribution in [2.45, 2.75) is 34.3 Å². The minimum atomic E-state index is -0.309. The van der Waals surface area contributed by atoms with Crippen molar-refractivity contribution in [2.75, 3.05) is 0 Å². The molecule has 3 rings (SSSR count). The van der Waals surface area contributed by atoms with Crippen molar-refractivity contribution in [3.63, 3.8) is 0 Å². The lowest BCUT2D eigenvalue weighted by atomic mass is 10.1. The fourth-order valence-electron chi connectivity index (χ4n) is 2.65. The molecule has 0 amide bonds. The first-order valence-corrected chi connectivity index (χ1v) is 8.58. The van der Waals surface area contributed by atoms with Crippen LogP contribution in [-0.2, 0) is 11.4 Å². The Balaban J connectivity index is 1.84. The smallest absolute Gasteiger partial charge is 0.308 e. The maximum absolute atomic E-state index is 11.2. The lowest BCUT2D eigenvalue weighted by molar-refractivity contribution is -0.131. The van der Waals surface area contributed by atoms with Gasteiger partial charge in [0.2, 0.25) is 0 Å². The maximum atomic E-state index is 11.2. The summed E-state index contributed by atoms with van der Waals surface area (Å²) in [6.07, 6.45) is 0. The number of nitrogens with zero attached hydrogens (tertiary/aromatic N) is 1. The molecule has 1 aromatic carbocycles. The first-order chi connectivity index (χ1) is 11.4. The number of fused-ring (bicyclic) bond motifs is 1. The van der Waals surface area contributed by atoms with E-state index in [0.717, 1.165) is 38.4 Å². The molecule has 0 unspecified atom stereocenters. The van der Waals surface area contributed by atoms with Gasteiger partial charge in [-0.05, 0) is 44.5 Å². The summed E-state index contributed by atoms with van der Waals surface area (Å²) in [4.78, 5) is 15.7. The first-order valence-electron chi connectivity index (χ1n) is 7.70. The molecule has 124 valence electrons. The lowest BCUT2D eigenvalue weighted by Gasteiger charge is -2.10. The number of thiophene rings is 1. The Morgan fingerprint density at radius 2 is 2.00 bits per heavy atom. The molecule has 0 atom stereocenters. The van der Waals surface area contributed by atoms with Crippen LogP contribution in [0.5, 0.6) is 11.5 Å². The second-order valence-corrected chi connectivity index (χ2v) is 6.70. The van der Waals surface area contributed by atoms with E-state index in [1.807, 2.05) is 50.4 Å². The molecule has 0 fully saturated rings. The van der Waals surface area contributed by atoms with Crippen molar-refractivity contribution in [2.24, 2.45) is 0 Å². The number of aryl methyl sites for hydroxylation is 3. The van der Waals surface area contributed by atoms with Crippen molar-refractivity contribution >= 4 is 27.4 Å². The van der Waals surface area contributed by atoms with Crippen molar-refractivity contribution in [3.05, 3.63) is 52.2 Å². The zero-order chi connectivity index (χ0) is 17.3. The lowest BCUT2D eigenvalue weighted by Crippen LogP contribution is -2.01. The van der Waals surface area contributed by atoms with Crippen molar-refractivity contribution in [1.29, 1.82) is 0 Å². The number of ether oxygens (including phenoxy) is 2. The highest BCUT2D eigenvalue weighted by Crippen LogP contribution is 2.37. The Morgan fingerprint density at radius 1 is 1.21 bits per heavy atom. The molecule has 2 heterocycles. The van der Waals surface area contributed by atoms with Crippen LogP contribution >= 0.6 is 11.3 Å². The summed E-state index contributed by atoms with van der Waals surface area (Å²) in [7, 11) is 0. The molecule has 4 nitrogen and oxygen atoms in total. The van der Waals surface area contributed by atoms with Gasteiger partial charge in [0, 0.05) is 39.3 Å². The number of esters is 1. The van der Waals surface area contributed by atoms with E-state index in [1.54, 1.807) is 11.3 Å². The molecular formula is C19H19NO3S. The highest BCUT2D eigenvalue weighted by atomic mass is 32.1.